The predicted octanol–water partition coefficient (Wildman–Crippen LogP) is 1.45. The molecule has 0 aliphatic carbocycles. The van der Waals surface area contributed by atoms with Gasteiger partial charge in [-0.3, -0.25) is 0 Å². The van der Waals surface area contributed by atoms with E-state index in [1.54, 1.807) is 0 Å². The molecule has 0 amide bonds. The van der Waals surface area contributed by atoms with Crippen molar-refractivity contribution in [2.75, 3.05) is 31.2 Å². The second-order valence-electron chi connectivity index (χ2n) is 5.02. The highest BCUT2D eigenvalue weighted by Gasteiger charge is 2.28. The summed E-state index contributed by atoms with van der Waals surface area (Å²) in [5.41, 5.74) is 2.77. The van der Waals surface area contributed by atoms with Crippen LogP contribution in [0.3, 0.4) is 0 Å². The van der Waals surface area contributed by atoms with E-state index in [-0.39, 0.29) is 12.0 Å². The molecule has 2 heterocycles. The first kappa shape index (κ1) is 11.1. The van der Waals surface area contributed by atoms with E-state index in [9.17, 15) is 5.11 Å². The summed E-state index contributed by atoms with van der Waals surface area (Å²) in [6.07, 6.45) is 1.71. The minimum atomic E-state index is -0.198. The van der Waals surface area contributed by atoms with Gasteiger partial charge in [0, 0.05) is 31.3 Å². The lowest BCUT2D eigenvalue weighted by Gasteiger charge is -2.32. The van der Waals surface area contributed by atoms with Crippen LogP contribution in [0.25, 0.3) is 0 Å². The Kier molecular flexibility index (Phi) is 3.04. The van der Waals surface area contributed by atoms with Crippen molar-refractivity contribution in [1.29, 1.82) is 0 Å². The molecular formula is C14H19NO2. The molecule has 1 saturated heterocycles. The first-order valence-corrected chi connectivity index (χ1v) is 6.43. The van der Waals surface area contributed by atoms with E-state index in [0.717, 1.165) is 25.9 Å². The Balaban J connectivity index is 1.70. The molecule has 2 aliphatic rings. The largest absolute Gasteiger partial charge is 0.393 e. The summed E-state index contributed by atoms with van der Waals surface area (Å²) >= 11 is 0. The summed E-state index contributed by atoms with van der Waals surface area (Å²) in [4.78, 5) is 2.39. The Hall–Kier alpha value is -1.06. The Bertz CT molecular complexity index is 394. The van der Waals surface area contributed by atoms with Gasteiger partial charge in [0.15, 0.2) is 0 Å². The molecule has 0 spiro atoms. The highest BCUT2D eigenvalue weighted by Crippen LogP contribution is 2.29. The normalized spacial score (nSPS) is 28.2. The molecule has 0 saturated carbocycles. The molecular weight excluding hydrogens is 214 g/mol. The van der Waals surface area contributed by atoms with Crippen molar-refractivity contribution >= 4 is 5.69 Å². The van der Waals surface area contributed by atoms with Gasteiger partial charge in [0.1, 0.15) is 0 Å². The maximum Gasteiger partial charge on any atom is 0.0629 e. The molecule has 0 bridgehead atoms. The van der Waals surface area contributed by atoms with Crippen LogP contribution in [0.4, 0.5) is 5.69 Å². The number of anilines is 1. The number of hydrogen-bond donors (Lipinski definition) is 1. The summed E-state index contributed by atoms with van der Waals surface area (Å²) in [5, 5.41) is 9.97. The van der Waals surface area contributed by atoms with Gasteiger partial charge in [-0.2, -0.15) is 0 Å². The van der Waals surface area contributed by atoms with Crippen molar-refractivity contribution in [3.05, 3.63) is 29.8 Å². The maximum absolute atomic E-state index is 9.97. The van der Waals surface area contributed by atoms with Gasteiger partial charge in [0.05, 0.1) is 12.7 Å². The molecule has 3 nitrogen and oxygen atoms in total. The van der Waals surface area contributed by atoms with Crippen LogP contribution in [-0.4, -0.2) is 37.5 Å². The lowest BCUT2D eigenvalue weighted by molar-refractivity contribution is -0.0322. The van der Waals surface area contributed by atoms with Crippen LogP contribution in [0.5, 0.6) is 0 Å². The minimum absolute atomic E-state index is 0.198. The van der Waals surface area contributed by atoms with Crippen LogP contribution in [-0.2, 0) is 11.2 Å². The number of fused-ring (bicyclic) bond motifs is 1. The topological polar surface area (TPSA) is 32.7 Å². The summed E-state index contributed by atoms with van der Waals surface area (Å²) in [6.45, 7) is 3.38. The third-order valence-corrected chi connectivity index (χ3v) is 3.87. The predicted molar refractivity (Wildman–Crippen MR) is 67.3 cm³/mol. The van der Waals surface area contributed by atoms with Gasteiger partial charge in [-0.05, 0) is 24.5 Å². The third kappa shape index (κ3) is 2.17. The fraction of sp³-hybridized carbons (Fsp3) is 0.571. The monoisotopic (exact) mass is 233 g/mol. The van der Waals surface area contributed by atoms with E-state index in [0.29, 0.717) is 13.2 Å². The SMILES string of the molecule is OC1CCOCC1CN1CCc2ccccc21. The van der Waals surface area contributed by atoms with Gasteiger partial charge in [-0.25, -0.2) is 0 Å². The number of para-hydroxylation sites is 1. The highest BCUT2D eigenvalue weighted by molar-refractivity contribution is 5.57. The van der Waals surface area contributed by atoms with Gasteiger partial charge in [0.25, 0.3) is 0 Å². The fourth-order valence-electron chi connectivity index (χ4n) is 2.84. The zero-order valence-electron chi connectivity index (χ0n) is 10.0. The van der Waals surface area contributed by atoms with Crippen molar-refractivity contribution in [3.8, 4) is 0 Å². The third-order valence-electron chi connectivity index (χ3n) is 3.87. The Morgan fingerprint density at radius 1 is 1.35 bits per heavy atom. The van der Waals surface area contributed by atoms with Crippen molar-refractivity contribution in [2.24, 2.45) is 5.92 Å². The molecule has 17 heavy (non-hydrogen) atoms. The quantitative estimate of drug-likeness (QED) is 0.839. The number of aliphatic hydroxyl groups excluding tert-OH is 1. The lowest BCUT2D eigenvalue weighted by atomic mass is 9.98. The van der Waals surface area contributed by atoms with Gasteiger partial charge in [-0.1, -0.05) is 18.2 Å². The average Bonchev–Trinajstić information content (AvgIpc) is 2.76. The van der Waals surface area contributed by atoms with Gasteiger partial charge in [-0.15, -0.1) is 0 Å². The number of nitrogens with zero attached hydrogens (tertiary/aromatic N) is 1. The van der Waals surface area contributed by atoms with E-state index >= 15 is 0 Å². The first-order valence-electron chi connectivity index (χ1n) is 6.43. The molecule has 2 aliphatic heterocycles. The number of ether oxygens (including phenoxy) is 1. The average molecular weight is 233 g/mol. The molecule has 2 atom stereocenters. The molecule has 3 heteroatoms. The minimum Gasteiger partial charge on any atom is -0.393 e. The molecule has 0 radical (unpaired) electrons. The zero-order chi connectivity index (χ0) is 11.7. The zero-order valence-corrected chi connectivity index (χ0v) is 10.0. The number of benzene rings is 1. The summed E-state index contributed by atoms with van der Waals surface area (Å²) < 4.78 is 5.46. The molecule has 1 fully saturated rings. The summed E-state index contributed by atoms with van der Waals surface area (Å²) in [6, 6.07) is 8.56. The van der Waals surface area contributed by atoms with E-state index in [4.69, 9.17) is 4.74 Å². The molecule has 1 N–H and O–H groups in total. The molecule has 2 unspecified atom stereocenters. The summed E-state index contributed by atoms with van der Waals surface area (Å²) in [5.74, 6) is 0.259. The van der Waals surface area contributed by atoms with Gasteiger partial charge < -0.3 is 14.7 Å². The van der Waals surface area contributed by atoms with Crippen molar-refractivity contribution in [3.63, 3.8) is 0 Å². The molecule has 92 valence electrons. The second-order valence-corrected chi connectivity index (χ2v) is 5.02. The van der Waals surface area contributed by atoms with Crippen molar-refractivity contribution in [1.82, 2.24) is 0 Å². The molecule has 0 aromatic heterocycles. The Labute approximate surface area is 102 Å². The summed E-state index contributed by atoms with van der Waals surface area (Å²) in [7, 11) is 0. The van der Waals surface area contributed by atoms with Crippen LogP contribution < -0.4 is 4.90 Å². The van der Waals surface area contributed by atoms with Gasteiger partial charge in [0.2, 0.25) is 0 Å². The highest BCUT2D eigenvalue weighted by atomic mass is 16.5. The Morgan fingerprint density at radius 3 is 3.12 bits per heavy atom. The fourth-order valence-corrected chi connectivity index (χ4v) is 2.84. The number of hydrogen-bond acceptors (Lipinski definition) is 3. The van der Waals surface area contributed by atoms with Crippen LogP contribution in [0.1, 0.15) is 12.0 Å². The Morgan fingerprint density at radius 2 is 2.24 bits per heavy atom. The van der Waals surface area contributed by atoms with E-state index < -0.39 is 0 Å². The van der Waals surface area contributed by atoms with Crippen LogP contribution in [0.15, 0.2) is 24.3 Å². The van der Waals surface area contributed by atoms with Gasteiger partial charge >= 0.3 is 0 Å². The van der Waals surface area contributed by atoms with E-state index in [1.165, 1.54) is 11.3 Å². The molecule has 1 aromatic carbocycles. The standard InChI is InChI=1S/C14H19NO2/c16-14-6-8-17-10-12(14)9-15-7-5-11-3-1-2-4-13(11)15/h1-4,12,14,16H,5-10H2. The van der Waals surface area contributed by atoms with E-state index in [1.807, 2.05) is 0 Å². The molecule has 3 rings (SSSR count). The number of rotatable bonds is 2. The van der Waals surface area contributed by atoms with Crippen LogP contribution in [0.2, 0.25) is 0 Å². The van der Waals surface area contributed by atoms with E-state index in [2.05, 4.69) is 29.2 Å². The van der Waals surface area contributed by atoms with Crippen molar-refractivity contribution < 1.29 is 9.84 Å². The smallest absolute Gasteiger partial charge is 0.0629 e. The lowest BCUT2D eigenvalue weighted by Crippen LogP contribution is -2.40. The first-order chi connectivity index (χ1) is 8.34. The second kappa shape index (κ2) is 4.67. The van der Waals surface area contributed by atoms with Crippen LogP contribution >= 0.6 is 0 Å². The van der Waals surface area contributed by atoms with Crippen molar-refractivity contribution in [2.45, 2.75) is 18.9 Å². The number of aliphatic hydroxyl groups is 1. The molecule has 1 aromatic rings. The van der Waals surface area contributed by atoms with Crippen LogP contribution in [0, 0.1) is 5.92 Å². The maximum atomic E-state index is 9.97.